The molecule has 2 N–H and O–H groups in total. The molecule has 1 aromatic rings. The van der Waals surface area contributed by atoms with Crippen LogP contribution in [0.5, 0.6) is 0 Å². The molecule has 0 saturated heterocycles. The number of nitrogens with two attached hydrogens (primary N) is 1. The van der Waals surface area contributed by atoms with Gasteiger partial charge in [-0.25, -0.2) is 4.98 Å². The van der Waals surface area contributed by atoms with Crippen molar-refractivity contribution in [3.63, 3.8) is 0 Å². The molecule has 0 radical (unpaired) electrons. The van der Waals surface area contributed by atoms with E-state index >= 15 is 0 Å². The second kappa shape index (κ2) is 3.59. The minimum Gasteiger partial charge on any atom is -0.325 e. The monoisotopic (exact) mass is 258 g/mol. The molecule has 2 rings (SSSR count). The molecule has 0 spiro atoms. The number of nitrogens with zero attached hydrogens (tertiary/aromatic N) is 1. The van der Waals surface area contributed by atoms with E-state index < -0.39 is 5.95 Å². The number of aryl methyl sites for hydroxylation is 1. The van der Waals surface area contributed by atoms with E-state index in [2.05, 4.69) is 20.9 Å². The average Bonchev–Trinajstić information content (AvgIpc) is 2.87. The van der Waals surface area contributed by atoms with Gasteiger partial charge in [-0.3, -0.25) is 0 Å². The van der Waals surface area contributed by atoms with Crippen molar-refractivity contribution in [2.45, 2.75) is 31.2 Å². The molecule has 1 heterocycles. The number of hydrogen-bond donors (Lipinski definition) is 1. The quantitative estimate of drug-likeness (QED) is 0.846. The molecule has 0 aromatic carbocycles. The summed E-state index contributed by atoms with van der Waals surface area (Å²) >= 11 is 3.35. The van der Waals surface area contributed by atoms with E-state index in [1.807, 2.05) is 0 Å². The first kappa shape index (κ1) is 10.1. The third kappa shape index (κ3) is 2.30. The van der Waals surface area contributed by atoms with Crippen molar-refractivity contribution in [3.05, 3.63) is 28.2 Å². The maximum atomic E-state index is 12.8. The van der Waals surface area contributed by atoms with Gasteiger partial charge in [0.05, 0.1) is 5.69 Å². The van der Waals surface area contributed by atoms with Gasteiger partial charge in [0.1, 0.15) is 0 Å². The van der Waals surface area contributed by atoms with E-state index in [-0.39, 0.29) is 5.54 Å². The Bertz CT molecular complexity index is 350. The molecule has 0 unspecified atom stereocenters. The zero-order valence-corrected chi connectivity index (χ0v) is 9.35. The molecule has 1 saturated carbocycles. The van der Waals surface area contributed by atoms with E-state index in [1.165, 1.54) is 6.07 Å². The van der Waals surface area contributed by atoms with Crippen molar-refractivity contribution >= 4 is 15.9 Å². The fraction of sp³-hybridized carbons (Fsp3) is 0.500. The predicted octanol–water partition coefficient (Wildman–Crippen LogP) is 2.41. The Morgan fingerprint density at radius 3 is 2.86 bits per heavy atom. The summed E-state index contributed by atoms with van der Waals surface area (Å²) in [5, 5.41) is 0. The summed E-state index contributed by atoms with van der Waals surface area (Å²) in [6.45, 7) is 0. The highest BCUT2D eigenvalue weighted by Crippen LogP contribution is 2.36. The van der Waals surface area contributed by atoms with Crippen LogP contribution in [0.2, 0.25) is 0 Å². The topological polar surface area (TPSA) is 38.9 Å². The lowest BCUT2D eigenvalue weighted by atomic mass is 10.1. The lowest BCUT2D eigenvalue weighted by Gasteiger charge is -2.08. The standard InChI is InChI=1S/C10H12BrFN2/c11-7-1-2-9(12)14-8(7)3-4-10(13)5-6-10/h1-2H,3-6,13H2. The third-order valence-corrected chi connectivity index (χ3v) is 3.36. The minimum atomic E-state index is -0.426. The van der Waals surface area contributed by atoms with Crippen LogP contribution in [0.1, 0.15) is 25.0 Å². The highest BCUT2D eigenvalue weighted by atomic mass is 79.9. The number of rotatable bonds is 3. The van der Waals surface area contributed by atoms with Crippen LogP contribution in [0.25, 0.3) is 0 Å². The van der Waals surface area contributed by atoms with Gasteiger partial charge in [-0.15, -0.1) is 0 Å². The van der Waals surface area contributed by atoms with Crippen molar-refractivity contribution in [2.75, 3.05) is 0 Å². The summed E-state index contributed by atoms with van der Waals surface area (Å²) in [5.74, 6) is -0.426. The second-order valence-corrected chi connectivity index (χ2v) is 4.78. The highest BCUT2D eigenvalue weighted by molar-refractivity contribution is 9.10. The van der Waals surface area contributed by atoms with E-state index in [9.17, 15) is 4.39 Å². The van der Waals surface area contributed by atoms with Gasteiger partial charge >= 0.3 is 0 Å². The molecule has 0 bridgehead atoms. The van der Waals surface area contributed by atoms with Gasteiger partial charge in [0.25, 0.3) is 0 Å². The van der Waals surface area contributed by atoms with Gasteiger partial charge < -0.3 is 5.73 Å². The van der Waals surface area contributed by atoms with Gasteiger partial charge in [0, 0.05) is 10.0 Å². The lowest BCUT2D eigenvalue weighted by Crippen LogP contribution is -2.22. The summed E-state index contributed by atoms with van der Waals surface area (Å²) < 4.78 is 13.7. The molecule has 4 heteroatoms. The van der Waals surface area contributed by atoms with E-state index in [1.54, 1.807) is 6.07 Å². The normalized spacial score (nSPS) is 18.2. The van der Waals surface area contributed by atoms with E-state index in [4.69, 9.17) is 5.73 Å². The first-order valence-corrected chi connectivity index (χ1v) is 5.48. The van der Waals surface area contributed by atoms with E-state index in [0.29, 0.717) is 0 Å². The second-order valence-electron chi connectivity index (χ2n) is 3.92. The molecule has 1 fully saturated rings. The van der Waals surface area contributed by atoms with Crippen LogP contribution in [0.15, 0.2) is 16.6 Å². The first-order chi connectivity index (χ1) is 6.59. The Morgan fingerprint density at radius 2 is 2.21 bits per heavy atom. The zero-order valence-electron chi connectivity index (χ0n) is 7.76. The maximum Gasteiger partial charge on any atom is 0.213 e. The van der Waals surface area contributed by atoms with Crippen LogP contribution in [0.4, 0.5) is 4.39 Å². The van der Waals surface area contributed by atoms with Crippen LogP contribution in [-0.2, 0) is 6.42 Å². The van der Waals surface area contributed by atoms with Gasteiger partial charge in [-0.2, -0.15) is 4.39 Å². The molecule has 0 amide bonds. The van der Waals surface area contributed by atoms with Crippen LogP contribution in [0.3, 0.4) is 0 Å². The molecule has 1 aliphatic carbocycles. The fourth-order valence-corrected chi connectivity index (χ4v) is 1.83. The lowest BCUT2D eigenvalue weighted by molar-refractivity contribution is 0.559. The Labute approximate surface area is 90.8 Å². The molecule has 1 aliphatic rings. The molecular formula is C10H12BrFN2. The van der Waals surface area contributed by atoms with Crippen molar-refractivity contribution in [1.82, 2.24) is 4.98 Å². The van der Waals surface area contributed by atoms with Gasteiger partial charge in [0.2, 0.25) is 5.95 Å². The number of pyridine rings is 1. The van der Waals surface area contributed by atoms with Crippen molar-refractivity contribution in [3.8, 4) is 0 Å². The molecule has 0 aliphatic heterocycles. The molecule has 76 valence electrons. The summed E-state index contributed by atoms with van der Waals surface area (Å²) in [7, 11) is 0. The van der Waals surface area contributed by atoms with E-state index in [0.717, 1.165) is 35.8 Å². The van der Waals surface area contributed by atoms with Crippen molar-refractivity contribution in [2.24, 2.45) is 5.73 Å². The van der Waals surface area contributed by atoms with Crippen LogP contribution in [0, 0.1) is 5.95 Å². The largest absolute Gasteiger partial charge is 0.325 e. The molecule has 1 aromatic heterocycles. The average molecular weight is 259 g/mol. The first-order valence-electron chi connectivity index (χ1n) is 4.69. The Balaban J connectivity index is 2.04. The summed E-state index contributed by atoms with van der Waals surface area (Å²) in [6, 6.07) is 3.04. The van der Waals surface area contributed by atoms with Crippen LogP contribution < -0.4 is 5.73 Å². The van der Waals surface area contributed by atoms with Gasteiger partial charge in [-0.1, -0.05) is 0 Å². The number of aromatic nitrogens is 1. The third-order valence-electron chi connectivity index (χ3n) is 2.64. The maximum absolute atomic E-state index is 12.8. The Morgan fingerprint density at radius 1 is 1.50 bits per heavy atom. The minimum absolute atomic E-state index is 0.00738. The number of hydrogen-bond acceptors (Lipinski definition) is 2. The summed E-state index contributed by atoms with van der Waals surface area (Å²) in [4.78, 5) is 3.83. The Kier molecular flexibility index (Phi) is 2.58. The van der Waals surface area contributed by atoms with Crippen molar-refractivity contribution in [1.29, 1.82) is 0 Å². The summed E-state index contributed by atoms with van der Waals surface area (Å²) in [6.07, 6.45) is 3.80. The van der Waals surface area contributed by atoms with Crippen molar-refractivity contribution < 1.29 is 4.39 Å². The van der Waals surface area contributed by atoms with Crippen LogP contribution >= 0.6 is 15.9 Å². The molecule has 0 atom stereocenters. The molecule has 14 heavy (non-hydrogen) atoms. The van der Waals surface area contributed by atoms with Crippen LogP contribution in [-0.4, -0.2) is 10.5 Å². The zero-order chi connectivity index (χ0) is 10.2. The predicted molar refractivity (Wildman–Crippen MR) is 56.4 cm³/mol. The SMILES string of the molecule is NC1(CCc2nc(F)ccc2Br)CC1. The highest BCUT2D eigenvalue weighted by Gasteiger charge is 2.37. The van der Waals surface area contributed by atoms with Gasteiger partial charge in [-0.05, 0) is 53.7 Å². The smallest absolute Gasteiger partial charge is 0.213 e. The fourth-order valence-electron chi connectivity index (χ4n) is 1.41. The molecule has 2 nitrogen and oxygen atoms in total. The number of halogens is 2. The van der Waals surface area contributed by atoms with Gasteiger partial charge in [0.15, 0.2) is 0 Å². The summed E-state index contributed by atoms with van der Waals surface area (Å²) in [5.41, 5.74) is 6.72. The molecular weight excluding hydrogens is 247 g/mol. The Hall–Kier alpha value is -0.480.